The van der Waals surface area contributed by atoms with Gasteiger partial charge in [-0.15, -0.1) is 0 Å². The van der Waals surface area contributed by atoms with Gasteiger partial charge >= 0.3 is 0 Å². The smallest absolute Gasteiger partial charge is 0.141 e. The van der Waals surface area contributed by atoms with E-state index in [0.717, 1.165) is 6.54 Å². The first-order chi connectivity index (χ1) is 9.15. The molecule has 1 unspecified atom stereocenters. The van der Waals surface area contributed by atoms with Gasteiger partial charge in [-0.3, -0.25) is 0 Å². The maximum atomic E-state index is 13.4. The van der Waals surface area contributed by atoms with Gasteiger partial charge in [-0.05, 0) is 47.8 Å². The summed E-state index contributed by atoms with van der Waals surface area (Å²) in [5.41, 5.74) is 0. The average molecular weight is 330 g/mol. The highest BCUT2D eigenvalue weighted by atomic mass is 79.9. The second-order valence-electron chi connectivity index (χ2n) is 5.25. The van der Waals surface area contributed by atoms with Crippen molar-refractivity contribution in [3.63, 3.8) is 0 Å². The van der Waals surface area contributed by atoms with Gasteiger partial charge in [0.1, 0.15) is 17.7 Å². The molecule has 106 valence electrons. The summed E-state index contributed by atoms with van der Waals surface area (Å²) in [6.07, 6.45) is 6.58. The second kappa shape index (κ2) is 7.25. The molecule has 0 aromatic heterocycles. The van der Waals surface area contributed by atoms with Crippen molar-refractivity contribution >= 4 is 15.9 Å². The van der Waals surface area contributed by atoms with Gasteiger partial charge in [0.15, 0.2) is 0 Å². The fraction of sp³-hybridized carbons (Fsp3) is 0.600. The Balaban J connectivity index is 1.76. The molecule has 1 aromatic rings. The maximum absolute atomic E-state index is 13.4. The lowest BCUT2D eigenvalue weighted by molar-refractivity contribution is 0.204. The quantitative estimate of drug-likeness (QED) is 0.870. The summed E-state index contributed by atoms with van der Waals surface area (Å²) >= 11 is 3.14. The molecule has 1 fully saturated rings. The van der Waals surface area contributed by atoms with Crippen molar-refractivity contribution in [1.82, 2.24) is 5.32 Å². The number of hydrogen-bond acceptors (Lipinski definition) is 2. The summed E-state index contributed by atoms with van der Waals surface area (Å²) in [6, 6.07) is 5.50. The summed E-state index contributed by atoms with van der Waals surface area (Å²) in [7, 11) is 0. The van der Waals surface area contributed by atoms with Gasteiger partial charge in [-0.2, -0.15) is 0 Å². The van der Waals surface area contributed by atoms with E-state index in [1.54, 1.807) is 12.1 Å². The predicted molar refractivity (Wildman–Crippen MR) is 79.1 cm³/mol. The molecule has 4 heteroatoms. The fourth-order valence-electron chi connectivity index (χ4n) is 2.46. The lowest BCUT2D eigenvalue weighted by atomic mass is 9.95. The molecule has 0 heterocycles. The van der Waals surface area contributed by atoms with Gasteiger partial charge in [0.2, 0.25) is 0 Å². The SMILES string of the molecule is CC(CNC1CCCCC1)Oc1ccc(Br)c(F)c1. The number of ether oxygens (including phenoxy) is 1. The van der Waals surface area contributed by atoms with Crippen LogP contribution in [0.15, 0.2) is 22.7 Å². The molecule has 1 atom stereocenters. The molecule has 1 aliphatic rings. The van der Waals surface area contributed by atoms with Crippen molar-refractivity contribution in [2.45, 2.75) is 51.2 Å². The first kappa shape index (κ1) is 14.8. The van der Waals surface area contributed by atoms with Crippen molar-refractivity contribution in [1.29, 1.82) is 0 Å². The zero-order valence-electron chi connectivity index (χ0n) is 11.3. The van der Waals surface area contributed by atoms with Gasteiger partial charge in [-0.1, -0.05) is 19.3 Å². The van der Waals surface area contributed by atoms with Crippen LogP contribution in [-0.2, 0) is 0 Å². The second-order valence-corrected chi connectivity index (χ2v) is 6.10. The molecule has 0 spiro atoms. The van der Waals surface area contributed by atoms with Crippen LogP contribution in [0.1, 0.15) is 39.0 Å². The molecule has 1 N–H and O–H groups in total. The van der Waals surface area contributed by atoms with Crippen molar-refractivity contribution in [3.8, 4) is 5.75 Å². The number of nitrogens with one attached hydrogen (secondary N) is 1. The van der Waals surface area contributed by atoms with Gasteiger partial charge in [-0.25, -0.2) is 4.39 Å². The number of halogens is 2. The van der Waals surface area contributed by atoms with Gasteiger partial charge in [0, 0.05) is 18.7 Å². The summed E-state index contributed by atoms with van der Waals surface area (Å²) in [5, 5.41) is 3.54. The molecule has 0 radical (unpaired) electrons. The van der Waals surface area contributed by atoms with E-state index in [4.69, 9.17) is 4.74 Å². The Labute approximate surface area is 122 Å². The normalized spacial score (nSPS) is 18.3. The third-order valence-corrected chi connectivity index (χ3v) is 4.17. The Bertz CT molecular complexity index is 407. The number of hydrogen-bond donors (Lipinski definition) is 1. The van der Waals surface area contributed by atoms with E-state index in [-0.39, 0.29) is 11.9 Å². The zero-order chi connectivity index (χ0) is 13.7. The highest BCUT2D eigenvalue weighted by Gasteiger charge is 2.14. The Morgan fingerprint density at radius 3 is 2.79 bits per heavy atom. The summed E-state index contributed by atoms with van der Waals surface area (Å²) < 4.78 is 19.5. The molecular formula is C15H21BrFNO. The minimum Gasteiger partial charge on any atom is -0.489 e. The molecule has 0 saturated heterocycles. The first-order valence-electron chi connectivity index (χ1n) is 7.00. The fourth-order valence-corrected chi connectivity index (χ4v) is 2.71. The van der Waals surface area contributed by atoms with Crippen molar-refractivity contribution < 1.29 is 9.13 Å². The van der Waals surface area contributed by atoms with Crippen LogP contribution in [0.3, 0.4) is 0 Å². The Hall–Kier alpha value is -0.610. The molecule has 1 aromatic carbocycles. The van der Waals surface area contributed by atoms with Crippen LogP contribution < -0.4 is 10.1 Å². The standard InChI is InChI=1S/C15H21BrFNO/c1-11(10-18-12-5-3-2-4-6-12)19-13-7-8-14(16)15(17)9-13/h7-9,11-12,18H,2-6,10H2,1H3. The number of rotatable bonds is 5. The van der Waals surface area contributed by atoms with E-state index in [0.29, 0.717) is 16.3 Å². The van der Waals surface area contributed by atoms with Gasteiger partial charge < -0.3 is 10.1 Å². The maximum Gasteiger partial charge on any atom is 0.141 e. The molecule has 1 aliphatic carbocycles. The highest BCUT2D eigenvalue weighted by Crippen LogP contribution is 2.22. The van der Waals surface area contributed by atoms with E-state index in [1.807, 2.05) is 6.92 Å². The molecule has 0 amide bonds. The predicted octanol–water partition coefficient (Wildman–Crippen LogP) is 4.28. The summed E-state index contributed by atoms with van der Waals surface area (Å²) in [6.45, 7) is 2.82. The van der Waals surface area contributed by atoms with E-state index < -0.39 is 0 Å². The summed E-state index contributed by atoms with van der Waals surface area (Å²) in [5.74, 6) is 0.295. The van der Waals surface area contributed by atoms with Crippen LogP contribution in [-0.4, -0.2) is 18.7 Å². The number of benzene rings is 1. The molecule has 0 aliphatic heterocycles. The molecule has 0 bridgehead atoms. The van der Waals surface area contributed by atoms with Crippen molar-refractivity contribution in [2.24, 2.45) is 0 Å². The van der Waals surface area contributed by atoms with E-state index in [2.05, 4.69) is 21.2 Å². The van der Waals surface area contributed by atoms with E-state index >= 15 is 0 Å². The van der Waals surface area contributed by atoms with Crippen LogP contribution >= 0.6 is 15.9 Å². The molecule has 1 saturated carbocycles. The van der Waals surface area contributed by atoms with E-state index in [1.165, 1.54) is 38.2 Å². The van der Waals surface area contributed by atoms with Gasteiger partial charge in [0.25, 0.3) is 0 Å². The Kier molecular flexibility index (Phi) is 5.64. The van der Waals surface area contributed by atoms with Gasteiger partial charge in [0.05, 0.1) is 4.47 Å². The summed E-state index contributed by atoms with van der Waals surface area (Å²) in [4.78, 5) is 0. The highest BCUT2D eigenvalue weighted by molar-refractivity contribution is 9.10. The largest absolute Gasteiger partial charge is 0.489 e. The average Bonchev–Trinajstić information content (AvgIpc) is 2.42. The van der Waals surface area contributed by atoms with Crippen LogP contribution in [0.2, 0.25) is 0 Å². The van der Waals surface area contributed by atoms with Crippen LogP contribution in [0.5, 0.6) is 5.75 Å². The first-order valence-corrected chi connectivity index (χ1v) is 7.79. The topological polar surface area (TPSA) is 21.3 Å². The van der Waals surface area contributed by atoms with Crippen molar-refractivity contribution in [2.75, 3.05) is 6.54 Å². The molecule has 2 nitrogen and oxygen atoms in total. The molecule has 2 rings (SSSR count). The van der Waals surface area contributed by atoms with Crippen LogP contribution in [0.4, 0.5) is 4.39 Å². The van der Waals surface area contributed by atoms with Crippen LogP contribution in [0, 0.1) is 5.82 Å². The third-order valence-electron chi connectivity index (χ3n) is 3.53. The van der Waals surface area contributed by atoms with Crippen molar-refractivity contribution in [3.05, 3.63) is 28.5 Å². The molecular weight excluding hydrogens is 309 g/mol. The zero-order valence-corrected chi connectivity index (χ0v) is 12.9. The minimum atomic E-state index is -0.287. The molecule has 19 heavy (non-hydrogen) atoms. The monoisotopic (exact) mass is 329 g/mol. The van der Waals surface area contributed by atoms with Crippen LogP contribution in [0.25, 0.3) is 0 Å². The Morgan fingerprint density at radius 1 is 1.37 bits per heavy atom. The lowest BCUT2D eigenvalue weighted by Crippen LogP contribution is -2.37. The van der Waals surface area contributed by atoms with E-state index in [9.17, 15) is 4.39 Å². The Morgan fingerprint density at radius 2 is 2.11 bits per heavy atom. The third kappa shape index (κ3) is 4.77. The lowest BCUT2D eigenvalue weighted by Gasteiger charge is -2.25. The minimum absolute atomic E-state index is 0.0440.